The quantitative estimate of drug-likeness (QED) is 0.780. The largest absolute Gasteiger partial charge is 0.323 e. The number of aromatic nitrogens is 2. The highest BCUT2D eigenvalue weighted by Gasteiger charge is 2.25. The van der Waals surface area contributed by atoms with Crippen LogP contribution in [0.3, 0.4) is 0 Å². The van der Waals surface area contributed by atoms with Crippen LogP contribution in [0.4, 0.5) is 4.39 Å². The standard InChI is InChI=1S/C14H16BrClFN3/c1-19-5-3-9(8-19)20-13-6-10(15)11(17)7-12(13)18-14(20)2-4-16/h6-7,9H,2-5,8H2,1H3. The summed E-state index contributed by atoms with van der Waals surface area (Å²) in [6.07, 6.45) is 1.79. The number of likely N-dealkylation sites (N-methyl/N-ethyl adjacent to an activating group) is 1. The number of aryl methyl sites for hydroxylation is 1. The van der Waals surface area contributed by atoms with Gasteiger partial charge in [0.2, 0.25) is 0 Å². The molecule has 0 amide bonds. The third-order valence-corrected chi connectivity index (χ3v) is 4.65. The van der Waals surface area contributed by atoms with E-state index in [1.165, 1.54) is 6.07 Å². The van der Waals surface area contributed by atoms with Crippen LogP contribution in [0.1, 0.15) is 18.3 Å². The first kappa shape index (κ1) is 14.3. The summed E-state index contributed by atoms with van der Waals surface area (Å²) < 4.78 is 16.4. The lowest BCUT2D eigenvalue weighted by Gasteiger charge is -2.16. The third-order valence-electron chi connectivity index (χ3n) is 3.85. The summed E-state index contributed by atoms with van der Waals surface area (Å²) in [5, 5.41) is 0. The monoisotopic (exact) mass is 359 g/mol. The van der Waals surface area contributed by atoms with Crippen molar-refractivity contribution in [2.24, 2.45) is 0 Å². The van der Waals surface area contributed by atoms with Gasteiger partial charge in [-0.1, -0.05) is 0 Å². The molecule has 0 bridgehead atoms. The highest BCUT2D eigenvalue weighted by molar-refractivity contribution is 9.10. The number of rotatable bonds is 3. The molecular formula is C14H16BrClFN3. The summed E-state index contributed by atoms with van der Waals surface area (Å²) >= 11 is 9.15. The molecule has 1 atom stereocenters. The molecule has 3 rings (SSSR count). The Morgan fingerprint density at radius 2 is 2.30 bits per heavy atom. The van der Waals surface area contributed by atoms with Crippen molar-refractivity contribution in [3.05, 3.63) is 28.2 Å². The summed E-state index contributed by atoms with van der Waals surface area (Å²) in [6.45, 7) is 2.07. The minimum absolute atomic E-state index is 0.275. The Morgan fingerprint density at radius 1 is 1.50 bits per heavy atom. The molecule has 108 valence electrons. The van der Waals surface area contributed by atoms with Gasteiger partial charge in [0.1, 0.15) is 11.6 Å². The van der Waals surface area contributed by atoms with Gasteiger partial charge >= 0.3 is 0 Å². The maximum Gasteiger partial charge on any atom is 0.139 e. The predicted molar refractivity (Wildman–Crippen MR) is 83.0 cm³/mol. The van der Waals surface area contributed by atoms with E-state index in [9.17, 15) is 4.39 Å². The van der Waals surface area contributed by atoms with Crippen molar-refractivity contribution in [3.63, 3.8) is 0 Å². The maximum absolute atomic E-state index is 13.7. The maximum atomic E-state index is 13.7. The molecule has 1 aromatic heterocycles. The van der Waals surface area contributed by atoms with E-state index in [4.69, 9.17) is 11.6 Å². The first-order chi connectivity index (χ1) is 9.60. The number of nitrogens with zero attached hydrogens (tertiary/aromatic N) is 3. The van der Waals surface area contributed by atoms with Crippen molar-refractivity contribution < 1.29 is 4.39 Å². The molecule has 1 aliphatic heterocycles. The number of hydrogen-bond donors (Lipinski definition) is 0. The van der Waals surface area contributed by atoms with Crippen LogP contribution in [0.15, 0.2) is 16.6 Å². The Labute approximate surface area is 130 Å². The molecule has 2 heterocycles. The second kappa shape index (κ2) is 5.62. The lowest BCUT2D eigenvalue weighted by molar-refractivity contribution is 0.392. The number of likely N-dealkylation sites (tertiary alicyclic amines) is 1. The number of imidazole rings is 1. The smallest absolute Gasteiger partial charge is 0.139 e. The molecule has 6 heteroatoms. The normalized spacial score (nSPS) is 20.1. The van der Waals surface area contributed by atoms with Crippen LogP contribution < -0.4 is 0 Å². The highest BCUT2D eigenvalue weighted by atomic mass is 79.9. The van der Waals surface area contributed by atoms with Crippen molar-refractivity contribution in [2.75, 3.05) is 26.0 Å². The fraction of sp³-hybridized carbons (Fsp3) is 0.500. The first-order valence-corrected chi connectivity index (χ1v) is 8.03. The zero-order chi connectivity index (χ0) is 14.3. The molecule has 0 N–H and O–H groups in total. The van der Waals surface area contributed by atoms with Crippen LogP contribution in [0, 0.1) is 5.82 Å². The summed E-state index contributed by atoms with van der Waals surface area (Å²) in [6, 6.07) is 3.71. The topological polar surface area (TPSA) is 21.1 Å². The van der Waals surface area contributed by atoms with Gasteiger partial charge in [0.05, 0.1) is 15.5 Å². The lowest BCUT2D eigenvalue weighted by Crippen LogP contribution is -2.18. The van der Waals surface area contributed by atoms with Crippen molar-refractivity contribution >= 4 is 38.6 Å². The Hall–Kier alpha value is -0.650. The van der Waals surface area contributed by atoms with Crippen molar-refractivity contribution in [3.8, 4) is 0 Å². The summed E-state index contributed by atoms with van der Waals surface area (Å²) in [7, 11) is 2.12. The molecule has 3 nitrogen and oxygen atoms in total. The van der Waals surface area contributed by atoms with E-state index in [-0.39, 0.29) is 5.82 Å². The molecule has 1 aliphatic rings. The molecule has 1 unspecified atom stereocenters. The van der Waals surface area contributed by atoms with Gasteiger partial charge in [-0.05, 0) is 42.0 Å². The molecule has 1 aromatic carbocycles. The van der Waals surface area contributed by atoms with Crippen molar-refractivity contribution in [1.82, 2.24) is 14.5 Å². The average Bonchev–Trinajstić information content (AvgIpc) is 2.94. The van der Waals surface area contributed by atoms with Crippen molar-refractivity contribution in [2.45, 2.75) is 18.9 Å². The van der Waals surface area contributed by atoms with E-state index in [1.54, 1.807) is 0 Å². The van der Waals surface area contributed by atoms with Gasteiger partial charge in [-0.15, -0.1) is 11.6 Å². The van der Waals surface area contributed by atoms with Crippen LogP contribution in [-0.4, -0.2) is 40.5 Å². The number of hydrogen-bond acceptors (Lipinski definition) is 2. The number of halogens is 3. The van der Waals surface area contributed by atoms with Gasteiger partial charge < -0.3 is 9.47 Å². The molecular weight excluding hydrogens is 345 g/mol. The molecule has 20 heavy (non-hydrogen) atoms. The fourth-order valence-corrected chi connectivity index (χ4v) is 3.43. The molecule has 1 saturated heterocycles. The zero-order valence-corrected chi connectivity index (χ0v) is 13.6. The van der Waals surface area contributed by atoms with Gasteiger partial charge in [0.15, 0.2) is 0 Å². The van der Waals surface area contributed by atoms with E-state index in [1.807, 2.05) is 6.07 Å². The predicted octanol–water partition coefficient (Wildman–Crippen LogP) is 3.60. The Bertz CT molecular complexity index is 643. The van der Waals surface area contributed by atoms with Gasteiger partial charge in [-0.25, -0.2) is 9.37 Å². The van der Waals surface area contributed by atoms with Crippen molar-refractivity contribution in [1.29, 1.82) is 0 Å². The van der Waals surface area contributed by atoms with Gasteiger partial charge in [0, 0.05) is 31.0 Å². The number of benzene rings is 1. The van der Waals surface area contributed by atoms with E-state index < -0.39 is 0 Å². The second-order valence-corrected chi connectivity index (χ2v) is 6.53. The van der Waals surface area contributed by atoms with Crippen LogP contribution in [0.5, 0.6) is 0 Å². The molecule has 1 fully saturated rings. The van der Waals surface area contributed by atoms with Crippen LogP contribution in [0.25, 0.3) is 11.0 Å². The van der Waals surface area contributed by atoms with E-state index in [0.717, 1.165) is 30.9 Å². The van der Waals surface area contributed by atoms with Gasteiger partial charge in [0.25, 0.3) is 0 Å². The number of fused-ring (bicyclic) bond motifs is 1. The minimum Gasteiger partial charge on any atom is -0.323 e. The molecule has 2 aromatic rings. The summed E-state index contributed by atoms with van der Waals surface area (Å²) in [4.78, 5) is 6.88. The van der Waals surface area contributed by atoms with E-state index in [0.29, 0.717) is 28.3 Å². The molecule has 0 radical (unpaired) electrons. The molecule has 0 aliphatic carbocycles. The van der Waals surface area contributed by atoms with Crippen LogP contribution >= 0.6 is 27.5 Å². The summed E-state index contributed by atoms with van der Waals surface area (Å²) in [5.74, 6) is 1.20. The fourth-order valence-electron chi connectivity index (χ4n) is 2.93. The second-order valence-electron chi connectivity index (χ2n) is 5.30. The SMILES string of the molecule is CN1CCC(n2c(CCCl)nc3cc(F)c(Br)cc32)C1. The van der Waals surface area contributed by atoms with Gasteiger partial charge in [-0.3, -0.25) is 0 Å². The van der Waals surface area contributed by atoms with Crippen LogP contribution in [0.2, 0.25) is 0 Å². The Balaban J connectivity index is 2.15. The van der Waals surface area contributed by atoms with E-state index in [2.05, 4.69) is 37.4 Å². The zero-order valence-electron chi connectivity index (χ0n) is 11.2. The first-order valence-electron chi connectivity index (χ1n) is 6.70. The lowest BCUT2D eigenvalue weighted by atomic mass is 10.2. The molecule has 0 spiro atoms. The van der Waals surface area contributed by atoms with Crippen LogP contribution in [-0.2, 0) is 6.42 Å². The highest BCUT2D eigenvalue weighted by Crippen LogP contribution is 2.30. The van der Waals surface area contributed by atoms with E-state index >= 15 is 0 Å². The summed E-state index contributed by atoms with van der Waals surface area (Å²) in [5.41, 5.74) is 1.69. The van der Waals surface area contributed by atoms with Gasteiger partial charge in [-0.2, -0.15) is 0 Å². The minimum atomic E-state index is -0.275. The molecule has 0 saturated carbocycles. The third kappa shape index (κ3) is 2.47. The number of alkyl halides is 1. The Kier molecular flexibility index (Phi) is 4.02. The Morgan fingerprint density at radius 3 is 2.95 bits per heavy atom. The average molecular weight is 361 g/mol.